The number of nitrogens with zero attached hydrogens (tertiary/aromatic N) is 3. The summed E-state index contributed by atoms with van der Waals surface area (Å²) in [6.45, 7) is 5.38. The van der Waals surface area contributed by atoms with Gasteiger partial charge in [-0.3, -0.25) is 9.59 Å². The Labute approximate surface area is 125 Å². The van der Waals surface area contributed by atoms with E-state index in [0.717, 1.165) is 0 Å². The maximum absolute atomic E-state index is 12.4. The van der Waals surface area contributed by atoms with Gasteiger partial charge in [0.2, 0.25) is 5.13 Å². The van der Waals surface area contributed by atoms with Gasteiger partial charge >= 0.3 is 0 Å². The Kier molecular flexibility index (Phi) is 3.82. The Morgan fingerprint density at radius 2 is 2.05 bits per heavy atom. The number of carbonyl (C=O) groups is 1. The number of amides is 1. The van der Waals surface area contributed by atoms with Crippen LogP contribution in [0.2, 0.25) is 0 Å². The van der Waals surface area contributed by atoms with Crippen molar-refractivity contribution in [3.63, 3.8) is 0 Å². The Bertz CT molecular complexity index is 747. The summed E-state index contributed by atoms with van der Waals surface area (Å²) in [6, 6.07) is 2.79. The smallest absolute Gasteiger partial charge is 0.268 e. The molecular formula is C13H17N5O2S. The molecule has 0 atom stereocenters. The van der Waals surface area contributed by atoms with E-state index in [4.69, 9.17) is 5.73 Å². The number of pyridine rings is 1. The number of aromatic nitrogens is 3. The fourth-order valence-electron chi connectivity index (χ4n) is 1.87. The van der Waals surface area contributed by atoms with E-state index in [1.807, 2.05) is 0 Å². The second-order valence-corrected chi connectivity index (χ2v) is 6.31. The van der Waals surface area contributed by atoms with Crippen LogP contribution in [0.15, 0.2) is 16.9 Å². The van der Waals surface area contributed by atoms with Crippen LogP contribution in [0.1, 0.15) is 35.0 Å². The molecule has 2 heterocycles. The zero-order chi connectivity index (χ0) is 15.8. The molecule has 0 unspecified atom stereocenters. The van der Waals surface area contributed by atoms with Gasteiger partial charge in [-0.15, -0.1) is 10.2 Å². The standard InChI is InChI=1S/C13H17N5O2S/c1-7-5-8(19)6-9(18(7)4)10(20)15-13(2,3)11-16-17-12(14)21-11/h5-6H,1-4H3,(H2,14,17)(H,15,20). The van der Waals surface area contributed by atoms with Crippen LogP contribution < -0.4 is 16.5 Å². The van der Waals surface area contributed by atoms with Crippen LogP contribution in [0.25, 0.3) is 0 Å². The van der Waals surface area contributed by atoms with Crippen LogP contribution in [-0.4, -0.2) is 20.7 Å². The lowest BCUT2D eigenvalue weighted by Crippen LogP contribution is -2.42. The van der Waals surface area contributed by atoms with Crippen molar-refractivity contribution in [2.45, 2.75) is 26.3 Å². The first-order valence-electron chi connectivity index (χ1n) is 6.30. The summed E-state index contributed by atoms with van der Waals surface area (Å²) >= 11 is 1.21. The van der Waals surface area contributed by atoms with Crippen molar-refractivity contribution < 1.29 is 4.79 Å². The Balaban J connectivity index is 2.32. The van der Waals surface area contributed by atoms with Crippen molar-refractivity contribution in [2.24, 2.45) is 7.05 Å². The highest BCUT2D eigenvalue weighted by Gasteiger charge is 2.28. The van der Waals surface area contributed by atoms with E-state index in [1.54, 1.807) is 32.4 Å². The number of anilines is 1. The van der Waals surface area contributed by atoms with E-state index < -0.39 is 5.54 Å². The minimum Gasteiger partial charge on any atom is -0.374 e. The van der Waals surface area contributed by atoms with Gasteiger partial charge in [0.05, 0.1) is 5.54 Å². The van der Waals surface area contributed by atoms with Crippen molar-refractivity contribution in [1.29, 1.82) is 0 Å². The van der Waals surface area contributed by atoms with E-state index in [9.17, 15) is 9.59 Å². The molecule has 21 heavy (non-hydrogen) atoms. The summed E-state index contributed by atoms with van der Waals surface area (Å²) in [5.74, 6) is -0.350. The zero-order valence-corrected chi connectivity index (χ0v) is 13.1. The normalized spacial score (nSPS) is 11.4. The summed E-state index contributed by atoms with van der Waals surface area (Å²) in [5, 5.41) is 11.5. The van der Waals surface area contributed by atoms with E-state index in [-0.39, 0.29) is 11.3 Å². The van der Waals surface area contributed by atoms with E-state index in [2.05, 4.69) is 15.5 Å². The van der Waals surface area contributed by atoms with Crippen molar-refractivity contribution in [3.05, 3.63) is 38.8 Å². The summed E-state index contributed by atoms with van der Waals surface area (Å²) in [6.07, 6.45) is 0. The Morgan fingerprint density at radius 1 is 1.38 bits per heavy atom. The lowest BCUT2D eigenvalue weighted by Gasteiger charge is -2.24. The quantitative estimate of drug-likeness (QED) is 0.872. The van der Waals surface area contributed by atoms with Gasteiger partial charge in [-0.25, -0.2) is 0 Å². The number of nitrogens with one attached hydrogen (secondary N) is 1. The first kappa shape index (κ1) is 15.2. The maximum Gasteiger partial charge on any atom is 0.268 e. The third-order valence-corrected chi connectivity index (χ3v) is 4.23. The van der Waals surface area contributed by atoms with Gasteiger partial charge in [-0.1, -0.05) is 11.3 Å². The van der Waals surface area contributed by atoms with Crippen molar-refractivity contribution in [1.82, 2.24) is 20.1 Å². The molecule has 2 aromatic heterocycles. The summed E-state index contributed by atoms with van der Waals surface area (Å²) in [5.41, 5.74) is 5.65. The van der Waals surface area contributed by atoms with E-state index in [1.165, 1.54) is 23.5 Å². The minimum atomic E-state index is -0.730. The first-order valence-corrected chi connectivity index (χ1v) is 7.12. The van der Waals surface area contributed by atoms with Crippen molar-refractivity contribution in [3.8, 4) is 0 Å². The number of nitrogen functional groups attached to an aromatic ring is 1. The number of nitrogens with two attached hydrogens (primary N) is 1. The second kappa shape index (κ2) is 5.28. The molecule has 0 aliphatic rings. The number of carbonyl (C=O) groups excluding carboxylic acids is 1. The SMILES string of the molecule is Cc1cc(=O)cc(C(=O)NC(C)(C)c2nnc(N)s2)n1C. The van der Waals surface area contributed by atoms with Crippen molar-refractivity contribution >= 4 is 22.4 Å². The van der Waals surface area contributed by atoms with Crippen LogP contribution in [-0.2, 0) is 12.6 Å². The van der Waals surface area contributed by atoms with E-state index in [0.29, 0.717) is 21.5 Å². The molecule has 7 nitrogen and oxygen atoms in total. The van der Waals surface area contributed by atoms with Gasteiger partial charge in [0.1, 0.15) is 10.7 Å². The molecule has 3 N–H and O–H groups in total. The highest BCUT2D eigenvalue weighted by Crippen LogP contribution is 2.25. The van der Waals surface area contributed by atoms with Crippen LogP contribution in [0.4, 0.5) is 5.13 Å². The zero-order valence-electron chi connectivity index (χ0n) is 12.3. The number of aryl methyl sites for hydroxylation is 1. The van der Waals surface area contributed by atoms with Crippen LogP contribution in [0.5, 0.6) is 0 Å². The molecule has 0 radical (unpaired) electrons. The maximum atomic E-state index is 12.4. The van der Waals surface area contributed by atoms with Crippen molar-refractivity contribution in [2.75, 3.05) is 5.73 Å². The van der Waals surface area contributed by atoms with Gasteiger partial charge in [-0.05, 0) is 20.8 Å². The number of hydrogen-bond acceptors (Lipinski definition) is 6. The van der Waals surface area contributed by atoms with Crippen LogP contribution in [0.3, 0.4) is 0 Å². The molecule has 1 amide bonds. The molecule has 0 bridgehead atoms. The molecule has 2 aromatic rings. The molecular weight excluding hydrogens is 290 g/mol. The lowest BCUT2D eigenvalue weighted by molar-refractivity contribution is 0.0902. The largest absolute Gasteiger partial charge is 0.374 e. The summed E-state index contributed by atoms with van der Waals surface area (Å²) < 4.78 is 1.67. The average molecular weight is 307 g/mol. The fraction of sp³-hybridized carbons (Fsp3) is 0.385. The van der Waals surface area contributed by atoms with Gasteiger partial charge < -0.3 is 15.6 Å². The molecule has 112 valence electrons. The Morgan fingerprint density at radius 3 is 2.62 bits per heavy atom. The topological polar surface area (TPSA) is 103 Å². The molecule has 0 aliphatic carbocycles. The molecule has 8 heteroatoms. The second-order valence-electron chi connectivity index (χ2n) is 5.30. The minimum absolute atomic E-state index is 0.200. The van der Waals surface area contributed by atoms with Crippen LogP contribution in [0, 0.1) is 6.92 Å². The summed E-state index contributed by atoms with van der Waals surface area (Å²) in [4.78, 5) is 24.0. The molecule has 0 spiro atoms. The third kappa shape index (κ3) is 3.10. The molecule has 0 saturated carbocycles. The van der Waals surface area contributed by atoms with Gasteiger partial charge in [-0.2, -0.15) is 0 Å². The molecule has 0 aliphatic heterocycles. The first-order chi connectivity index (χ1) is 9.70. The lowest BCUT2D eigenvalue weighted by atomic mass is 10.1. The molecule has 0 aromatic carbocycles. The number of hydrogen-bond donors (Lipinski definition) is 2. The van der Waals surface area contributed by atoms with Gasteiger partial charge in [0.15, 0.2) is 5.43 Å². The van der Waals surface area contributed by atoms with Gasteiger partial charge in [0.25, 0.3) is 5.91 Å². The molecule has 2 rings (SSSR count). The predicted molar refractivity (Wildman–Crippen MR) is 81.2 cm³/mol. The van der Waals surface area contributed by atoms with Gasteiger partial charge in [0, 0.05) is 24.9 Å². The predicted octanol–water partition coefficient (Wildman–Crippen LogP) is 0.793. The third-order valence-electron chi connectivity index (χ3n) is 3.15. The fourth-order valence-corrected chi connectivity index (χ4v) is 2.54. The highest BCUT2D eigenvalue weighted by atomic mass is 32.1. The monoisotopic (exact) mass is 307 g/mol. The summed E-state index contributed by atoms with van der Waals surface area (Å²) in [7, 11) is 1.74. The molecule has 0 saturated heterocycles. The van der Waals surface area contributed by atoms with E-state index >= 15 is 0 Å². The highest BCUT2D eigenvalue weighted by molar-refractivity contribution is 7.15. The average Bonchev–Trinajstić information content (AvgIpc) is 2.80. The van der Waals surface area contributed by atoms with Crippen LogP contribution >= 0.6 is 11.3 Å². The number of rotatable bonds is 3. The molecule has 0 fully saturated rings. The Hall–Kier alpha value is -2.22.